The van der Waals surface area contributed by atoms with E-state index in [4.69, 9.17) is 9.26 Å². The summed E-state index contributed by atoms with van der Waals surface area (Å²) in [4.78, 5) is 35.9. The molecule has 8 heteroatoms. The van der Waals surface area contributed by atoms with Crippen molar-refractivity contribution in [2.75, 3.05) is 11.9 Å². The highest BCUT2D eigenvalue weighted by atomic mass is 16.6. The summed E-state index contributed by atoms with van der Waals surface area (Å²) in [5.41, 5.74) is 1.25. The van der Waals surface area contributed by atoms with Gasteiger partial charge in [-0.15, -0.1) is 0 Å². The van der Waals surface area contributed by atoms with Crippen LogP contribution >= 0.6 is 0 Å². The number of nitrogens with one attached hydrogen (secondary N) is 2. The van der Waals surface area contributed by atoms with E-state index in [0.29, 0.717) is 16.9 Å². The standard InChI is InChI=1S/C17H17N3O5/c1-10-8-14(25-20-10)17(23)24-9-15(21)19-13-5-3-2-4-12(13)16(22)18-11-6-7-11/h2-5,8,11H,6-7,9H2,1H3,(H,18,22)(H,19,21). The average Bonchev–Trinajstić information content (AvgIpc) is 3.30. The summed E-state index contributed by atoms with van der Waals surface area (Å²) in [6.07, 6.45) is 1.94. The van der Waals surface area contributed by atoms with Gasteiger partial charge in [0.2, 0.25) is 5.76 Å². The molecule has 25 heavy (non-hydrogen) atoms. The van der Waals surface area contributed by atoms with Crippen molar-refractivity contribution in [3.63, 3.8) is 0 Å². The maximum Gasteiger partial charge on any atom is 0.377 e. The molecule has 2 amide bonds. The first-order valence-corrected chi connectivity index (χ1v) is 7.83. The van der Waals surface area contributed by atoms with E-state index in [0.717, 1.165) is 12.8 Å². The molecule has 0 bridgehead atoms. The number of esters is 1. The summed E-state index contributed by atoms with van der Waals surface area (Å²) < 4.78 is 9.63. The van der Waals surface area contributed by atoms with Gasteiger partial charge in [0.15, 0.2) is 6.61 Å². The number of benzene rings is 1. The van der Waals surface area contributed by atoms with Crippen LogP contribution in [-0.4, -0.2) is 35.6 Å². The molecule has 0 saturated heterocycles. The highest BCUT2D eigenvalue weighted by molar-refractivity contribution is 6.04. The number of anilines is 1. The molecule has 1 saturated carbocycles. The fourth-order valence-corrected chi connectivity index (χ4v) is 2.13. The van der Waals surface area contributed by atoms with E-state index in [1.807, 2.05) is 0 Å². The highest BCUT2D eigenvalue weighted by Gasteiger charge is 2.25. The molecule has 0 spiro atoms. The Bertz CT molecular complexity index is 810. The molecule has 8 nitrogen and oxygen atoms in total. The first-order valence-electron chi connectivity index (χ1n) is 7.83. The van der Waals surface area contributed by atoms with E-state index in [2.05, 4.69) is 15.8 Å². The van der Waals surface area contributed by atoms with Crippen LogP contribution in [0.15, 0.2) is 34.9 Å². The lowest BCUT2D eigenvalue weighted by Crippen LogP contribution is -2.27. The van der Waals surface area contributed by atoms with Crippen LogP contribution in [0.2, 0.25) is 0 Å². The number of carbonyl (C=O) groups is 3. The molecule has 0 unspecified atom stereocenters. The Kier molecular flexibility index (Phi) is 4.78. The van der Waals surface area contributed by atoms with Crippen molar-refractivity contribution in [1.82, 2.24) is 10.5 Å². The summed E-state index contributed by atoms with van der Waals surface area (Å²) in [6, 6.07) is 8.27. The molecule has 0 radical (unpaired) electrons. The van der Waals surface area contributed by atoms with E-state index >= 15 is 0 Å². The molecule has 1 aromatic heterocycles. The zero-order valence-corrected chi connectivity index (χ0v) is 13.6. The number of carbonyl (C=O) groups excluding carboxylic acids is 3. The summed E-state index contributed by atoms with van der Waals surface area (Å²) >= 11 is 0. The van der Waals surface area contributed by atoms with Gasteiger partial charge < -0.3 is 19.9 Å². The van der Waals surface area contributed by atoms with Crippen molar-refractivity contribution in [3.8, 4) is 0 Å². The molecule has 0 atom stereocenters. The van der Waals surface area contributed by atoms with Gasteiger partial charge in [-0.2, -0.15) is 0 Å². The van der Waals surface area contributed by atoms with Crippen molar-refractivity contribution >= 4 is 23.5 Å². The van der Waals surface area contributed by atoms with Crippen LogP contribution in [0.4, 0.5) is 5.69 Å². The quantitative estimate of drug-likeness (QED) is 0.772. The van der Waals surface area contributed by atoms with Crippen molar-refractivity contribution in [2.45, 2.75) is 25.8 Å². The van der Waals surface area contributed by atoms with E-state index in [9.17, 15) is 14.4 Å². The van der Waals surface area contributed by atoms with Gasteiger partial charge in [0, 0.05) is 12.1 Å². The minimum atomic E-state index is -0.782. The molecule has 1 fully saturated rings. The van der Waals surface area contributed by atoms with Crippen molar-refractivity contribution in [3.05, 3.63) is 47.3 Å². The fraction of sp³-hybridized carbons (Fsp3) is 0.294. The number of aryl methyl sites for hydroxylation is 1. The molecule has 1 aliphatic carbocycles. The first kappa shape index (κ1) is 16.7. The van der Waals surface area contributed by atoms with Crippen LogP contribution in [0.25, 0.3) is 0 Å². The lowest BCUT2D eigenvalue weighted by atomic mass is 10.1. The molecule has 1 heterocycles. The van der Waals surface area contributed by atoms with Crippen LogP contribution in [-0.2, 0) is 9.53 Å². The number of rotatable bonds is 6. The predicted octanol–water partition coefficient (Wildman–Crippen LogP) is 1.67. The van der Waals surface area contributed by atoms with Crippen LogP contribution < -0.4 is 10.6 Å². The van der Waals surface area contributed by atoms with Crippen LogP contribution in [0.1, 0.15) is 39.4 Å². The van der Waals surface area contributed by atoms with E-state index < -0.39 is 18.5 Å². The smallest absolute Gasteiger partial charge is 0.377 e. The predicted molar refractivity (Wildman–Crippen MR) is 87.1 cm³/mol. The normalized spacial score (nSPS) is 13.2. The highest BCUT2D eigenvalue weighted by Crippen LogP contribution is 2.21. The summed E-state index contributed by atoms with van der Waals surface area (Å²) in [6.45, 7) is 1.16. The molecule has 3 rings (SSSR count). The Labute approximate surface area is 143 Å². The number of para-hydroxylation sites is 1. The number of nitrogens with zero attached hydrogens (tertiary/aromatic N) is 1. The minimum Gasteiger partial charge on any atom is -0.450 e. The molecule has 0 aliphatic heterocycles. The maximum absolute atomic E-state index is 12.2. The lowest BCUT2D eigenvalue weighted by Gasteiger charge is -2.11. The van der Waals surface area contributed by atoms with E-state index in [1.54, 1.807) is 31.2 Å². The SMILES string of the molecule is Cc1cc(C(=O)OCC(=O)Nc2ccccc2C(=O)NC2CC2)on1. The third kappa shape index (κ3) is 4.43. The molecule has 130 valence electrons. The monoisotopic (exact) mass is 343 g/mol. The van der Waals surface area contributed by atoms with Crippen LogP contribution in [0.5, 0.6) is 0 Å². The lowest BCUT2D eigenvalue weighted by molar-refractivity contribution is -0.119. The van der Waals surface area contributed by atoms with Gasteiger partial charge in [-0.05, 0) is 31.9 Å². The number of aromatic nitrogens is 1. The average molecular weight is 343 g/mol. The Balaban J connectivity index is 1.57. The second-order valence-corrected chi connectivity index (χ2v) is 5.75. The van der Waals surface area contributed by atoms with Crippen molar-refractivity contribution < 1.29 is 23.6 Å². The molecular weight excluding hydrogens is 326 g/mol. The minimum absolute atomic E-state index is 0.0745. The number of hydrogen-bond donors (Lipinski definition) is 2. The fourth-order valence-electron chi connectivity index (χ4n) is 2.13. The van der Waals surface area contributed by atoms with Gasteiger partial charge >= 0.3 is 5.97 Å². The topological polar surface area (TPSA) is 111 Å². The summed E-state index contributed by atoms with van der Waals surface area (Å²) in [5.74, 6) is -1.66. The molecule has 2 aromatic rings. The maximum atomic E-state index is 12.2. The Hall–Kier alpha value is -3.16. The van der Waals surface area contributed by atoms with Gasteiger partial charge in [0.25, 0.3) is 11.8 Å². The van der Waals surface area contributed by atoms with Gasteiger partial charge in [0.05, 0.1) is 16.9 Å². The second kappa shape index (κ2) is 7.16. The molecule has 2 N–H and O–H groups in total. The van der Waals surface area contributed by atoms with Gasteiger partial charge in [0.1, 0.15) is 0 Å². The van der Waals surface area contributed by atoms with E-state index in [1.165, 1.54) is 6.07 Å². The van der Waals surface area contributed by atoms with Crippen molar-refractivity contribution in [1.29, 1.82) is 0 Å². The summed E-state index contributed by atoms with van der Waals surface area (Å²) in [5, 5.41) is 9.01. The van der Waals surface area contributed by atoms with Gasteiger partial charge in [-0.25, -0.2) is 4.79 Å². The van der Waals surface area contributed by atoms with E-state index in [-0.39, 0.29) is 17.7 Å². The van der Waals surface area contributed by atoms with Gasteiger partial charge in [-0.1, -0.05) is 17.3 Å². The number of hydrogen-bond acceptors (Lipinski definition) is 6. The molecular formula is C17H17N3O5. The van der Waals surface area contributed by atoms with Crippen LogP contribution in [0.3, 0.4) is 0 Å². The number of amides is 2. The zero-order valence-electron chi connectivity index (χ0n) is 13.6. The Morgan fingerprint density at radius 1 is 1.28 bits per heavy atom. The zero-order chi connectivity index (χ0) is 17.8. The summed E-state index contributed by atoms with van der Waals surface area (Å²) in [7, 11) is 0. The first-order chi connectivity index (χ1) is 12.0. The Morgan fingerprint density at radius 2 is 2.04 bits per heavy atom. The third-order valence-corrected chi connectivity index (χ3v) is 3.52. The third-order valence-electron chi connectivity index (χ3n) is 3.52. The second-order valence-electron chi connectivity index (χ2n) is 5.75. The van der Waals surface area contributed by atoms with Crippen molar-refractivity contribution in [2.24, 2.45) is 0 Å². The largest absolute Gasteiger partial charge is 0.450 e. The number of ether oxygens (including phenoxy) is 1. The Morgan fingerprint density at radius 3 is 2.72 bits per heavy atom. The molecule has 1 aliphatic rings. The molecule has 1 aromatic carbocycles. The van der Waals surface area contributed by atoms with Gasteiger partial charge in [-0.3, -0.25) is 9.59 Å². The van der Waals surface area contributed by atoms with Crippen LogP contribution in [0, 0.1) is 6.92 Å².